The lowest BCUT2D eigenvalue weighted by Gasteiger charge is -2.19. The van der Waals surface area contributed by atoms with Crippen molar-refractivity contribution in [3.8, 4) is 28.4 Å². The smallest absolute Gasteiger partial charge is 0.414 e. The van der Waals surface area contributed by atoms with Gasteiger partial charge in [0, 0.05) is 20.2 Å². The molecule has 2 aromatic carbocycles. The van der Waals surface area contributed by atoms with Crippen molar-refractivity contribution in [3.05, 3.63) is 51.9 Å². The third-order valence-corrected chi connectivity index (χ3v) is 5.16. The molecule has 0 fully saturated rings. The van der Waals surface area contributed by atoms with Gasteiger partial charge in [0.2, 0.25) is 5.43 Å². The summed E-state index contributed by atoms with van der Waals surface area (Å²) in [5.41, 5.74) is 2.21. The van der Waals surface area contributed by atoms with E-state index in [0.29, 0.717) is 64.7 Å². The van der Waals surface area contributed by atoms with Gasteiger partial charge in [0.1, 0.15) is 30.3 Å². The van der Waals surface area contributed by atoms with Crippen LogP contribution in [0.4, 0.5) is 4.79 Å². The maximum Gasteiger partial charge on any atom is 0.414 e. The van der Waals surface area contributed by atoms with Crippen molar-refractivity contribution in [2.75, 3.05) is 27.3 Å². The molecule has 1 aliphatic rings. The summed E-state index contributed by atoms with van der Waals surface area (Å²) in [6.07, 6.45) is 1.02. The molecular weight excluding hydrogens is 398 g/mol. The summed E-state index contributed by atoms with van der Waals surface area (Å²) in [4.78, 5) is 26.9. The highest BCUT2D eigenvalue weighted by molar-refractivity contribution is 5.86. The summed E-state index contributed by atoms with van der Waals surface area (Å²) >= 11 is 0. The zero-order chi connectivity index (χ0) is 22.1. The molecule has 31 heavy (non-hydrogen) atoms. The molecule has 0 aliphatic carbocycles. The minimum absolute atomic E-state index is 0.140. The third kappa shape index (κ3) is 3.95. The van der Waals surface area contributed by atoms with Gasteiger partial charge in [-0.2, -0.15) is 0 Å². The Labute approximate surface area is 180 Å². The molecular formula is C24H25NO6. The van der Waals surface area contributed by atoms with E-state index in [1.54, 1.807) is 45.3 Å². The van der Waals surface area contributed by atoms with Gasteiger partial charge in [-0.1, -0.05) is 19.4 Å². The highest BCUT2D eigenvalue weighted by atomic mass is 16.6. The first-order chi connectivity index (χ1) is 14.9. The van der Waals surface area contributed by atoms with E-state index in [1.807, 2.05) is 13.0 Å². The van der Waals surface area contributed by atoms with E-state index >= 15 is 0 Å². The molecule has 0 saturated heterocycles. The highest BCUT2D eigenvalue weighted by Crippen LogP contribution is 2.36. The van der Waals surface area contributed by atoms with Crippen LogP contribution in [0.2, 0.25) is 0 Å². The summed E-state index contributed by atoms with van der Waals surface area (Å²) < 4.78 is 22.8. The Bertz CT molecular complexity index is 1210. The van der Waals surface area contributed by atoms with Gasteiger partial charge in [0.25, 0.3) is 0 Å². The molecule has 0 saturated carbocycles. The van der Waals surface area contributed by atoms with Crippen molar-refractivity contribution < 1.29 is 23.4 Å². The van der Waals surface area contributed by atoms with Gasteiger partial charge in [0.15, 0.2) is 11.5 Å². The van der Waals surface area contributed by atoms with E-state index in [0.717, 1.165) is 12.0 Å². The number of carbonyl (C=O) groups is 1. The largest absolute Gasteiger partial charge is 0.486 e. The van der Waals surface area contributed by atoms with Crippen molar-refractivity contribution in [1.29, 1.82) is 0 Å². The number of nitrogens with zero attached hydrogens (tertiary/aromatic N) is 1. The second kappa shape index (κ2) is 8.34. The summed E-state index contributed by atoms with van der Waals surface area (Å²) in [5.74, 6) is 2.15. The molecule has 7 nitrogen and oxygen atoms in total. The number of fused-ring (bicyclic) bond motifs is 2. The Morgan fingerprint density at radius 1 is 1.10 bits per heavy atom. The Morgan fingerprint density at radius 3 is 2.55 bits per heavy atom. The lowest BCUT2D eigenvalue weighted by Crippen LogP contribution is -2.25. The number of ether oxygens (including phenoxy) is 3. The Morgan fingerprint density at radius 2 is 1.84 bits per heavy atom. The zero-order valence-electron chi connectivity index (χ0n) is 18.1. The van der Waals surface area contributed by atoms with E-state index in [1.165, 1.54) is 4.90 Å². The zero-order valence-corrected chi connectivity index (χ0v) is 18.1. The maximum atomic E-state index is 13.5. The van der Waals surface area contributed by atoms with Gasteiger partial charge in [-0.05, 0) is 42.7 Å². The van der Waals surface area contributed by atoms with Gasteiger partial charge in [-0.3, -0.25) is 4.79 Å². The maximum absolute atomic E-state index is 13.5. The quantitative estimate of drug-likeness (QED) is 0.613. The minimum atomic E-state index is -0.483. The lowest BCUT2D eigenvalue weighted by atomic mass is 9.99. The van der Waals surface area contributed by atoms with E-state index in [9.17, 15) is 9.59 Å². The molecule has 0 atom stereocenters. The molecule has 162 valence electrons. The first-order valence-corrected chi connectivity index (χ1v) is 10.3. The average Bonchev–Trinajstić information content (AvgIpc) is 2.74. The van der Waals surface area contributed by atoms with Gasteiger partial charge in [-0.15, -0.1) is 0 Å². The number of hydrogen-bond acceptors (Lipinski definition) is 6. The molecule has 1 aromatic heterocycles. The second-order valence-electron chi connectivity index (χ2n) is 7.69. The fourth-order valence-corrected chi connectivity index (χ4v) is 3.66. The van der Waals surface area contributed by atoms with Crippen LogP contribution in [0.1, 0.15) is 24.7 Å². The lowest BCUT2D eigenvalue weighted by molar-refractivity contribution is 0.171. The Kier molecular flexibility index (Phi) is 5.59. The van der Waals surface area contributed by atoms with E-state index in [-0.39, 0.29) is 5.43 Å². The molecule has 0 bridgehead atoms. The van der Waals surface area contributed by atoms with Crippen molar-refractivity contribution >= 4 is 17.1 Å². The van der Waals surface area contributed by atoms with E-state index < -0.39 is 6.09 Å². The van der Waals surface area contributed by atoms with Crippen LogP contribution >= 0.6 is 0 Å². The monoisotopic (exact) mass is 423 g/mol. The van der Waals surface area contributed by atoms with Crippen LogP contribution in [0.15, 0.2) is 39.5 Å². The molecule has 3 aromatic rings. The van der Waals surface area contributed by atoms with Gasteiger partial charge in [-0.25, -0.2) is 4.79 Å². The van der Waals surface area contributed by atoms with Gasteiger partial charge in [0.05, 0.1) is 10.9 Å². The standard InChI is InChI=1S/C24H25NO6/c1-5-6-15-11-17-20(13-19(15)31-24(27)25(3)4)30-14(2)22(23(17)26)16-7-8-18-21(12-16)29-10-9-28-18/h7-8,11-13H,5-6,9-10H2,1-4H3. The predicted molar refractivity (Wildman–Crippen MR) is 117 cm³/mol. The molecule has 7 heteroatoms. The average molecular weight is 423 g/mol. The van der Waals surface area contributed by atoms with Crippen molar-refractivity contribution in [3.63, 3.8) is 0 Å². The van der Waals surface area contributed by atoms with Crippen molar-refractivity contribution in [2.24, 2.45) is 0 Å². The molecule has 0 radical (unpaired) electrons. The van der Waals surface area contributed by atoms with Gasteiger partial charge < -0.3 is 23.5 Å². The van der Waals surface area contributed by atoms with Crippen molar-refractivity contribution in [2.45, 2.75) is 26.7 Å². The molecule has 0 N–H and O–H groups in total. The van der Waals surface area contributed by atoms with Crippen LogP contribution in [-0.4, -0.2) is 38.3 Å². The number of benzene rings is 2. The summed E-state index contributed by atoms with van der Waals surface area (Å²) in [6, 6.07) is 8.84. The number of hydrogen-bond donors (Lipinski definition) is 0. The Hall–Kier alpha value is -3.48. The molecule has 0 spiro atoms. The van der Waals surface area contributed by atoms with Crippen LogP contribution in [0.25, 0.3) is 22.1 Å². The summed E-state index contributed by atoms with van der Waals surface area (Å²) in [7, 11) is 3.24. The fraction of sp³-hybridized carbons (Fsp3) is 0.333. The minimum Gasteiger partial charge on any atom is -0.486 e. The SMILES string of the molecule is CCCc1cc2c(=O)c(-c3ccc4c(c3)OCCO4)c(C)oc2cc1OC(=O)N(C)C. The van der Waals surface area contributed by atoms with Crippen LogP contribution in [0.3, 0.4) is 0 Å². The number of aryl methyl sites for hydroxylation is 2. The number of rotatable bonds is 4. The number of amides is 1. The molecule has 2 heterocycles. The highest BCUT2D eigenvalue weighted by Gasteiger charge is 2.20. The predicted octanol–water partition coefficient (Wildman–Crippen LogP) is 4.55. The molecule has 1 amide bonds. The Balaban J connectivity index is 1.86. The topological polar surface area (TPSA) is 78.2 Å². The second-order valence-corrected chi connectivity index (χ2v) is 7.69. The van der Waals surface area contributed by atoms with E-state index in [4.69, 9.17) is 18.6 Å². The fourth-order valence-electron chi connectivity index (χ4n) is 3.66. The first kappa shape index (κ1) is 20.8. The first-order valence-electron chi connectivity index (χ1n) is 10.3. The van der Waals surface area contributed by atoms with Crippen LogP contribution in [0, 0.1) is 6.92 Å². The van der Waals surface area contributed by atoms with Crippen LogP contribution in [-0.2, 0) is 6.42 Å². The molecule has 1 aliphatic heterocycles. The van der Waals surface area contributed by atoms with Crippen LogP contribution < -0.4 is 19.6 Å². The summed E-state index contributed by atoms with van der Waals surface area (Å²) in [5, 5.41) is 0.448. The van der Waals surface area contributed by atoms with Gasteiger partial charge >= 0.3 is 6.09 Å². The summed E-state index contributed by atoms with van der Waals surface area (Å²) in [6.45, 7) is 4.75. The number of carbonyl (C=O) groups excluding carboxylic acids is 1. The normalized spacial score (nSPS) is 12.6. The van der Waals surface area contributed by atoms with Crippen LogP contribution in [0.5, 0.6) is 17.2 Å². The third-order valence-electron chi connectivity index (χ3n) is 5.16. The molecule has 0 unspecified atom stereocenters. The molecule has 4 rings (SSSR count). The van der Waals surface area contributed by atoms with E-state index in [2.05, 4.69) is 0 Å². The van der Waals surface area contributed by atoms with Crippen molar-refractivity contribution in [1.82, 2.24) is 4.90 Å².